The zero-order valence-corrected chi connectivity index (χ0v) is 16.5. The van der Waals surface area contributed by atoms with Crippen LogP contribution in [0.1, 0.15) is 35.3 Å². The molecule has 8 nitrogen and oxygen atoms in total. The molecule has 8 heteroatoms. The van der Waals surface area contributed by atoms with E-state index in [2.05, 4.69) is 20.6 Å². The Bertz CT molecular complexity index is 899. The highest BCUT2D eigenvalue weighted by Gasteiger charge is 2.20. The standard InChI is InChI=1S/C21H24N4O4/c1-14(15-6-4-3-5-7-15)24-19(26)11-17-10-16-12-23-20(18(16)13-22-17)25-21(27)29-9-8-28-2/h3-7,10,13-14H,8-9,11-12H2,1-2H3,(H,24,26)(H,23,25,27)/t14-/m1/s1. The first-order chi connectivity index (χ1) is 14.1. The number of amides is 2. The van der Waals surface area contributed by atoms with Crippen LogP contribution < -0.4 is 10.6 Å². The number of aliphatic imine (C=N–C) groups is 1. The smallest absolute Gasteiger partial charge is 0.412 e. The maximum absolute atomic E-state index is 12.4. The summed E-state index contributed by atoms with van der Waals surface area (Å²) in [6.45, 7) is 2.85. The van der Waals surface area contributed by atoms with Crippen LogP contribution in [0, 0.1) is 0 Å². The van der Waals surface area contributed by atoms with Gasteiger partial charge in [0.1, 0.15) is 12.4 Å². The molecule has 152 valence electrons. The van der Waals surface area contributed by atoms with Crippen LogP contribution in [0.3, 0.4) is 0 Å². The second-order valence-corrected chi connectivity index (χ2v) is 6.63. The lowest BCUT2D eigenvalue weighted by molar-refractivity contribution is -0.121. The van der Waals surface area contributed by atoms with Crippen molar-refractivity contribution in [1.29, 1.82) is 0 Å². The Morgan fingerprint density at radius 3 is 2.76 bits per heavy atom. The molecular formula is C21H24N4O4. The van der Waals surface area contributed by atoms with Crippen LogP contribution in [0.5, 0.6) is 0 Å². The number of nitrogens with zero attached hydrogens (tertiary/aromatic N) is 2. The van der Waals surface area contributed by atoms with Crippen molar-refractivity contribution >= 4 is 17.8 Å². The zero-order chi connectivity index (χ0) is 20.6. The van der Waals surface area contributed by atoms with Crippen molar-refractivity contribution in [2.45, 2.75) is 25.9 Å². The fraction of sp³-hybridized carbons (Fsp3) is 0.333. The Morgan fingerprint density at radius 1 is 1.21 bits per heavy atom. The molecule has 0 unspecified atom stereocenters. The molecule has 0 aliphatic carbocycles. The zero-order valence-electron chi connectivity index (χ0n) is 16.5. The summed E-state index contributed by atoms with van der Waals surface area (Å²) < 4.78 is 9.81. The molecule has 29 heavy (non-hydrogen) atoms. The van der Waals surface area contributed by atoms with Crippen LogP contribution in [0.25, 0.3) is 0 Å². The van der Waals surface area contributed by atoms with Crippen LogP contribution >= 0.6 is 0 Å². The fourth-order valence-electron chi connectivity index (χ4n) is 2.98. The largest absolute Gasteiger partial charge is 0.447 e. The quantitative estimate of drug-likeness (QED) is 0.698. The van der Waals surface area contributed by atoms with E-state index < -0.39 is 6.09 Å². The number of carbonyl (C=O) groups excluding carboxylic acids is 2. The Balaban J connectivity index is 1.55. The summed E-state index contributed by atoms with van der Waals surface area (Å²) >= 11 is 0. The van der Waals surface area contributed by atoms with Gasteiger partial charge >= 0.3 is 6.09 Å². The van der Waals surface area contributed by atoms with Crippen LogP contribution in [-0.4, -0.2) is 43.1 Å². The average molecular weight is 396 g/mol. The molecule has 0 bridgehead atoms. The predicted molar refractivity (Wildman–Crippen MR) is 108 cm³/mol. The number of aromatic nitrogens is 1. The summed E-state index contributed by atoms with van der Waals surface area (Å²) in [7, 11) is 1.53. The Labute approximate surface area is 169 Å². The van der Waals surface area contributed by atoms with Gasteiger partial charge in [-0.1, -0.05) is 30.3 Å². The van der Waals surface area contributed by atoms with E-state index in [0.29, 0.717) is 24.7 Å². The lowest BCUT2D eigenvalue weighted by Gasteiger charge is -2.14. The molecule has 0 spiro atoms. The van der Waals surface area contributed by atoms with E-state index in [0.717, 1.165) is 16.7 Å². The predicted octanol–water partition coefficient (Wildman–Crippen LogP) is 2.13. The van der Waals surface area contributed by atoms with E-state index in [9.17, 15) is 9.59 Å². The summed E-state index contributed by atoms with van der Waals surface area (Å²) in [5, 5.41) is 5.59. The van der Waals surface area contributed by atoms with Crippen LogP contribution in [0.15, 0.2) is 47.6 Å². The van der Waals surface area contributed by atoms with Gasteiger partial charge < -0.3 is 14.8 Å². The molecule has 2 heterocycles. The third-order valence-electron chi connectivity index (χ3n) is 4.47. The van der Waals surface area contributed by atoms with Crippen molar-refractivity contribution in [2.75, 3.05) is 20.3 Å². The highest BCUT2D eigenvalue weighted by Crippen LogP contribution is 2.18. The SMILES string of the molecule is COCCOC(=O)NC1=NCc2cc(CC(=O)N[C@H](C)c3ccccc3)ncc21. The first-order valence-electron chi connectivity index (χ1n) is 9.36. The van der Waals surface area contributed by atoms with Gasteiger partial charge in [0.25, 0.3) is 0 Å². The molecule has 2 amide bonds. The van der Waals surface area contributed by atoms with Crippen LogP contribution in [0.4, 0.5) is 4.79 Å². The molecule has 1 aromatic carbocycles. The minimum absolute atomic E-state index is 0.0821. The molecule has 0 saturated heterocycles. The normalized spacial score (nSPS) is 13.2. The number of rotatable bonds is 7. The van der Waals surface area contributed by atoms with Gasteiger partial charge in [0.2, 0.25) is 5.91 Å². The number of nitrogens with one attached hydrogen (secondary N) is 2. The summed E-state index contributed by atoms with van der Waals surface area (Å²) in [6, 6.07) is 11.5. The average Bonchev–Trinajstić information content (AvgIpc) is 3.10. The monoisotopic (exact) mass is 396 g/mol. The number of hydrogen-bond acceptors (Lipinski definition) is 6. The Hall–Kier alpha value is -3.26. The van der Waals surface area contributed by atoms with Crippen LogP contribution in [-0.2, 0) is 27.2 Å². The van der Waals surface area contributed by atoms with Gasteiger partial charge in [-0.25, -0.2) is 4.79 Å². The molecule has 2 N–H and O–H groups in total. The first-order valence-corrected chi connectivity index (χ1v) is 9.36. The van der Waals surface area contributed by atoms with Crippen molar-refractivity contribution in [3.8, 4) is 0 Å². The summed E-state index contributed by atoms with van der Waals surface area (Å²) in [5.74, 6) is 0.316. The lowest BCUT2D eigenvalue weighted by Crippen LogP contribution is -2.32. The van der Waals surface area contributed by atoms with Gasteiger partial charge in [-0.2, -0.15) is 0 Å². The first kappa shape index (κ1) is 20.5. The molecule has 1 atom stereocenters. The van der Waals surface area contributed by atoms with E-state index in [1.165, 1.54) is 7.11 Å². The van der Waals surface area contributed by atoms with Gasteiger partial charge in [-0.3, -0.25) is 20.1 Å². The number of carbonyl (C=O) groups is 2. The second-order valence-electron chi connectivity index (χ2n) is 6.63. The molecule has 1 aliphatic rings. The number of pyridine rings is 1. The molecule has 2 aromatic rings. The third-order valence-corrected chi connectivity index (χ3v) is 4.47. The number of hydrogen-bond donors (Lipinski definition) is 2. The van der Waals surface area contributed by atoms with Crippen molar-refractivity contribution in [2.24, 2.45) is 4.99 Å². The van der Waals surface area contributed by atoms with E-state index in [1.54, 1.807) is 6.20 Å². The number of benzene rings is 1. The minimum atomic E-state index is -0.591. The molecule has 0 radical (unpaired) electrons. The summed E-state index contributed by atoms with van der Waals surface area (Å²) in [6.07, 6.45) is 1.21. The van der Waals surface area contributed by atoms with Gasteiger partial charge in [0.05, 0.1) is 31.3 Å². The van der Waals surface area contributed by atoms with E-state index in [4.69, 9.17) is 9.47 Å². The number of methoxy groups -OCH3 is 1. The molecule has 3 rings (SSSR count). The molecule has 1 aromatic heterocycles. The van der Waals surface area contributed by atoms with Crippen molar-refractivity contribution in [3.63, 3.8) is 0 Å². The fourth-order valence-corrected chi connectivity index (χ4v) is 2.98. The van der Waals surface area contributed by atoms with E-state index in [1.807, 2.05) is 43.3 Å². The minimum Gasteiger partial charge on any atom is -0.447 e. The van der Waals surface area contributed by atoms with Gasteiger partial charge in [0, 0.05) is 18.9 Å². The van der Waals surface area contributed by atoms with Crippen molar-refractivity contribution < 1.29 is 19.1 Å². The van der Waals surface area contributed by atoms with Gasteiger partial charge in [-0.05, 0) is 24.1 Å². The number of alkyl carbamates (subject to hydrolysis) is 1. The summed E-state index contributed by atoms with van der Waals surface area (Å²) in [5.41, 5.74) is 3.34. The van der Waals surface area contributed by atoms with Crippen molar-refractivity contribution in [1.82, 2.24) is 15.6 Å². The van der Waals surface area contributed by atoms with Gasteiger partial charge in [0.15, 0.2) is 0 Å². The lowest BCUT2D eigenvalue weighted by atomic mass is 10.1. The molecule has 0 saturated carbocycles. The van der Waals surface area contributed by atoms with Crippen LogP contribution in [0.2, 0.25) is 0 Å². The second kappa shape index (κ2) is 9.79. The maximum Gasteiger partial charge on any atom is 0.412 e. The van der Waals surface area contributed by atoms with E-state index in [-0.39, 0.29) is 25.0 Å². The maximum atomic E-state index is 12.4. The van der Waals surface area contributed by atoms with Crippen molar-refractivity contribution in [3.05, 3.63) is 65.0 Å². The molecule has 0 fully saturated rings. The van der Waals surface area contributed by atoms with Gasteiger partial charge in [-0.15, -0.1) is 0 Å². The Kier molecular flexibility index (Phi) is 6.91. The molecular weight excluding hydrogens is 372 g/mol. The van der Waals surface area contributed by atoms with E-state index >= 15 is 0 Å². The third kappa shape index (κ3) is 5.61. The highest BCUT2D eigenvalue weighted by atomic mass is 16.6. The Morgan fingerprint density at radius 2 is 2.00 bits per heavy atom. The number of ether oxygens (including phenoxy) is 2. The summed E-state index contributed by atoms with van der Waals surface area (Å²) in [4.78, 5) is 32.8. The number of amidine groups is 1. The highest BCUT2D eigenvalue weighted by molar-refractivity contribution is 6.08. The number of fused-ring (bicyclic) bond motifs is 1. The molecule has 1 aliphatic heterocycles. The topological polar surface area (TPSA) is 102 Å².